The molecule has 0 unspecified atom stereocenters. The number of aromatic nitrogens is 2. The van der Waals surface area contributed by atoms with Gasteiger partial charge in [0.05, 0.1) is 11.3 Å². The lowest BCUT2D eigenvalue weighted by Crippen LogP contribution is -2.48. The van der Waals surface area contributed by atoms with Crippen molar-refractivity contribution in [2.24, 2.45) is 0 Å². The van der Waals surface area contributed by atoms with Crippen molar-refractivity contribution in [2.75, 3.05) is 26.2 Å². The summed E-state index contributed by atoms with van der Waals surface area (Å²) in [6.45, 7) is 4.89. The van der Waals surface area contributed by atoms with Crippen LogP contribution >= 0.6 is 0 Å². The van der Waals surface area contributed by atoms with E-state index in [0.717, 1.165) is 29.1 Å². The molecular weight excluding hydrogens is 405 g/mol. The van der Waals surface area contributed by atoms with Gasteiger partial charge in [-0.15, -0.1) is 0 Å². The third-order valence-corrected chi connectivity index (χ3v) is 5.45. The Morgan fingerprint density at radius 2 is 1.61 bits per heavy atom. The molecule has 1 aliphatic rings. The average molecular weight is 428 g/mol. The molecule has 8 heteroatoms. The number of piperazine rings is 1. The van der Waals surface area contributed by atoms with E-state index in [1.165, 1.54) is 12.1 Å². The maximum atomic E-state index is 12.9. The summed E-state index contributed by atoms with van der Waals surface area (Å²) in [4.78, 5) is 16.8. The molecule has 3 aromatic rings. The third kappa shape index (κ3) is 4.80. The van der Waals surface area contributed by atoms with Crippen LogP contribution in [-0.2, 0) is 12.7 Å². The number of benzene rings is 2. The van der Waals surface area contributed by atoms with Gasteiger partial charge >= 0.3 is 6.18 Å². The number of alkyl halides is 3. The Morgan fingerprint density at radius 1 is 0.968 bits per heavy atom. The number of amides is 1. The van der Waals surface area contributed by atoms with E-state index in [9.17, 15) is 18.0 Å². The lowest BCUT2D eigenvalue weighted by atomic mass is 10.1. The van der Waals surface area contributed by atoms with Crippen molar-refractivity contribution >= 4 is 5.91 Å². The molecule has 1 aromatic heterocycles. The number of halogens is 3. The molecule has 1 aliphatic heterocycles. The van der Waals surface area contributed by atoms with E-state index in [-0.39, 0.29) is 5.91 Å². The number of nitrogens with zero attached hydrogens (tertiary/aromatic N) is 4. The zero-order chi connectivity index (χ0) is 22.0. The minimum Gasteiger partial charge on any atom is -0.335 e. The molecule has 0 spiro atoms. The highest BCUT2D eigenvalue weighted by Crippen LogP contribution is 2.29. The highest BCUT2D eigenvalue weighted by atomic mass is 19.4. The predicted molar refractivity (Wildman–Crippen MR) is 111 cm³/mol. The fourth-order valence-corrected chi connectivity index (χ4v) is 3.74. The molecule has 4 rings (SSSR count). The van der Waals surface area contributed by atoms with Crippen LogP contribution in [0.1, 0.15) is 27.3 Å². The molecule has 0 N–H and O–H groups in total. The normalized spacial score (nSPS) is 15.3. The molecule has 0 bridgehead atoms. The lowest BCUT2D eigenvalue weighted by molar-refractivity contribution is -0.137. The fraction of sp³-hybridized carbons (Fsp3) is 0.304. The number of para-hydroxylation sites is 1. The lowest BCUT2D eigenvalue weighted by Gasteiger charge is -2.34. The second-order valence-electron chi connectivity index (χ2n) is 7.68. The van der Waals surface area contributed by atoms with Gasteiger partial charge in [0.25, 0.3) is 5.91 Å². The highest BCUT2D eigenvalue weighted by molar-refractivity contribution is 5.92. The summed E-state index contributed by atoms with van der Waals surface area (Å²) in [6, 6.07) is 16.7. The average Bonchev–Trinajstić information content (AvgIpc) is 3.16. The molecule has 1 saturated heterocycles. The van der Waals surface area contributed by atoms with E-state index in [1.807, 2.05) is 37.3 Å². The van der Waals surface area contributed by atoms with Crippen LogP contribution in [-0.4, -0.2) is 51.7 Å². The zero-order valence-corrected chi connectivity index (χ0v) is 17.1. The van der Waals surface area contributed by atoms with Crippen molar-refractivity contribution in [3.8, 4) is 5.69 Å². The molecule has 31 heavy (non-hydrogen) atoms. The summed E-state index contributed by atoms with van der Waals surface area (Å²) in [5, 5.41) is 4.49. The van der Waals surface area contributed by atoms with E-state index in [2.05, 4.69) is 10.00 Å². The molecule has 2 aromatic carbocycles. The monoisotopic (exact) mass is 428 g/mol. The van der Waals surface area contributed by atoms with Crippen LogP contribution in [0.25, 0.3) is 5.69 Å². The van der Waals surface area contributed by atoms with Gasteiger partial charge in [-0.05, 0) is 42.8 Å². The fourth-order valence-electron chi connectivity index (χ4n) is 3.74. The minimum atomic E-state index is -4.32. The first kappa shape index (κ1) is 21.1. The summed E-state index contributed by atoms with van der Waals surface area (Å²) in [7, 11) is 0. The second-order valence-corrected chi connectivity index (χ2v) is 7.68. The molecule has 0 aliphatic carbocycles. The molecule has 0 saturated carbocycles. The van der Waals surface area contributed by atoms with Gasteiger partial charge in [-0.25, -0.2) is 4.68 Å². The standard InChI is InChI=1S/C23H23F3N4O/c1-17-15-21(27-30(17)20-5-3-2-4-6-20)22(31)29-13-11-28(12-14-29)16-18-7-9-19(10-8-18)23(24,25)26/h2-10,15H,11-14,16H2,1H3. The van der Waals surface area contributed by atoms with Gasteiger partial charge in [0.2, 0.25) is 0 Å². The number of carbonyl (C=O) groups is 1. The molecule has 1 amide bonds. The third-order valence-electron chi connectivity index (χ3n) is 5.45. The molecule has 0 atom stereocenters. The summed E-state index contributed by atoms with van der Waals surface area (Å²) in [5.41, 5.74) is 2.38. The first-order valence-electron chi connectivity index (χ1n) is 10.1. The Kier molecular flexibility index (Phi) is 5.82. The van der Waals surface area contributed by atoms with Crippen molar-refractivity contribution in [3.05, 3.63) is 83.2 Å². The van der Waals surface area contributed by atoms with Gasteiger partial charge in [0, 0.05) is 38.4 Å². The first-order valence-corrected chi connectivity index (χ1v) is 10.1. The van der Waals surface area contributed by atoms with Crippen LogP contribution in [0.15, 0.2) is 60.7 Å². The number of hydrogen-bond acceptors (Lipinski definition) is 3. The van der Waals surface area contributed by atoms with Crippen molar-refractivity contribution in [2.45, 2.75) is 19.6 Å². The Morgan fingerprint density at radius 3 is 2.23 bits per heavy atom. The van der Waals surface area contributed by atoms with E-state index in [0.29, 0.717) is 38.4 Å². The summed E-state index contributed by atoms with van der Waals surface area (Å²) in [6.07, 6.45) is -4.32. The number of carbonyl (C=O) groups excluding carboxylic acids is 1. The van der Waals surface area contributed by atoms with Gasteiger partial charge < -0.3 is 4.90 Å². The van der Waals surface area contributed by atoms with Crippen LogP contribution in [0.3, 0.4) is 0 Å². The van der Waals surface area contributed by atoms with Gasteiger partial charge in [0.1, 0.15) is 0 Å². The van der Waals surface area contributed by atoms with Crippen molar-refractivity contribution < 1.29 is 18.0 Å². The molecule has 2 heterocycles. The van der Waals surface area contributed by atoms with E-state index in [4.69, 9.17) is 0 Å². The van der Waals surface area contributed by atoms with E-state index < -0.39 is 11.7 Å². The maximum Gasteiger partial charge on any atom is 0.416 e. The Hall–Kier alpha value is -3.13. The predicted octanol–water partition coefficient (Wildman–Crippen LogP) is 4.16. The number of hydrogen-bond donors (Lipinski definition) is 0. The number of aryl methyl sites for hydroxylation is 1. The van der Waals surface area contributed by atoms with E-state index >= 15 is 0 Å². The smallest absolute Gasteiger partial charge is 0.335 e. The SMILES string of the molecule is Cc1cc(C(=O)N2CCN(Cc3ccc(C(F)(F)F)cc3)CC2)nn1-c1ccccc1. The van der Waals surface area contributed by atoms with Gasteiger partial charge in [-0.1, -0.05) is 30.3 Å². The maximum absolute atomic E-state index is 12.9. The second kappa shape index (κ2) is 8.55. The molecular formula is C23H23F3N4O. The molecule has 0 radical (unpaired) electrons. The Bertz CT molecular complexity index is 1040. The highest BCUT2D eigenvalue weighted by Gasteiger charge is 2.30. The van der Waals surface area contributed by atoms with Crippen molar-refractivity contribution in [1.29, 1.82) is 0 Å². The van der Waals surface area contributed by atoms with Crippen LogP contribution in [0.4, 0.5) is 13.2 Å². The van der Waals surface area contributed by atoms with Crippen LogP contribution < -0.4 is 0 Å². The Labute approximate surface area is 178 Å². The summed E-state index contributed by atoms with van der Waals surface area (Å²) in [5.74, 6) is -0.105. The van der Waals surface area contributed by atoms with Crippen LogP contribution in [0.5, 0.6) is 0 Å². The Balaban J connectivity index is 1.35. The molecule has 162 valence electrons. The molecule has 1 fully saturated rings. The molecule has 5 nitrogen and oxygen atoms in total. The minimum absolute atomic E-state index is 0.105. The summed E-state index contributed by atoms with van der Waals surface area (Å²) < 4.78 is 39.9. The topological polar surface area (TPSA) is 41.4 Å². The summed E-state index contributed by atoms with van der Waals surface area (Å²) >= 11 is 0. The van der Waals surface area contributed by atoms with Crippen molar-refractivity contribution in [3.63, 3.8) is 0 Å². The zero-order valence-electron chi connectivity index (χ0n) is 17.1. The largest absolute Gasteiger partial charge is 0.416 e. The number of rotatable bonds is 4. The van der Waals surface area contributed by atoms with Gasteiger partial charge in [0.15, 0.2) is 5.69 Å². The van der Waals surface area contributed by atoms with E-state index in [1.54, 1.807) is 15.6 Å². The first-order chi connectivity index (χ1) is 14.8. The van der Waals surface area contributed by atoms with Crippen LogP contribution in [0, 0.1) is 6.92 Å². The van der Waals surface area contributed by atoms with Crippen molar-refractivity contribution in [1.82, 2.24) is 19.6 Å². The van der Waals surface area contributed by atoms with Gasteiger partial charge in [-0.3, -0.25) is 9.69 Å². The van der Waals surface area contributed by atoms with Gasteiger partial charge in [-0.2, -0.15) is 18.3 Å². The quantitative estimate of drug-likeness (QED) is 0.627. The van der Waals surface area contributed by atoms with Crippen LogP contribution in [0.2, 0.25) is 0 Å².